The van der Waals surface area contributed by atoms with Gasteiger partial charge in [0.2, 0.25) is 0 Å². The van der Waals surface area contributed by atoms with E-state index in [4.69, 9.17) is 18.6 Å². The number of ether oxygens (including phenoxy) is 2. The number of anilines is 1. The number of azo groups is 2. The summed E-state index contributed by atoms with van der Waals surface area (Å²) in [6, 6.07) is 9.91. The summed E-state index contributed by atoms with van der Waals surface area (Å²) in [4.78, 5) is -1.79. The number of rotatable bonds is 18. The van der Waals surface area contributed by atoms with E-state index in [1.165, 1.54) is 32.4 Å². The third-order valence-corrected chi connectivity index (χ3v) is 12.6. The van der Waals surface area contributed by atoms with Crippen molar-refractivity contribution in [2.45, 2.75) is 14.7 Å². The summed E-state index contributed by atoms with van der Waals surface area (Å²) in [6.07, 6.45) is 0. The molecule has 28 heteroatoms. The van der Waals surface area contributed by atoms with E-state index in [1.54, 1.807) is 0 Å². The number of nitrogens with zero attached hydrogens (tertiary/aromatic N) is 4. The Balaban J connectivity index is 1.86. The van der Waals surface area contributed by atoms with Crippen molar-refractivity contribution < 1.29 is 78.7 Å². The second-order valence-corrected chi connectivity index (χ2v) is 18.9. The lowest BCUT2D eigenvalue weighted by Gasteiger charge is -2.15. The van der Waals surface area contributed by atoms with Crippen LogP contribution < -0.4 is 14.8 Å². The van der Waals surface area contributed by atoms with Crippen molar-refractivity contribution >= 4 is 89.8 Å². The molecule has 0 radical (unpaired) electrons. The molecule has 57 heavy (non-hydrogen) atoms. The zero-order chi connectivity index (χ0) is 42.6. The highest BCUT2D eigenvalue weighted by atomic mass is 32.3. The normalized spacial score (nSPS) is 13.1. The average molecular weight is 898 g/mol. The number of nitrogens with one attached hydrogen (secondary N) is 1. The summed E-state index contributed by atoms with van der Waals surface area (Å²) in [7, 11) is -19.7. The van der Waals surface area contributed by atoms with Gasteiger partial charge in [0.05, 0.1) is 54.4 Å². The van der Waals surface area contributed by atoms with Gasteiger partial charge in [0, 0.05) is 17.8 Å². The molecule has 0 heterocycles. The molecule has 0 saturated carbocycles. The Bertz CT molecular complexity index is 2830. The molecule has 23 nitrogen and oxygen atoms in total. The molecule has 0 atom stereocenters. The SMILES string of the molecule is CNc1ccc2c(OC)c(/N=N/c3cc(S(=O)(=O)CCOS(=O)(=O)O)ccc3O)c(S(=O)(=O)O)cc2c1/N=N/c1cc(S(=O)(=O)CCOS(=O)(=O)O)ccc1OC. The van der Waals surface area contributed by atoms with Crippen LogP contribution in [0.1, 0.15) is 0 Å². The molecule has 0 bridgehead atoms. The molecule has 0 saturated heterocycles. The van der Waals surface area contributed by atoms with Crippen molar-refractivity contribution in [2.75, 3.05) is 51.3 Å². The predicted octanol–water partition coefficient (Wildman–Crippen LogP) is 3.87. The second kappa shape index (κ2) is 17.3. The van der Waals surface area contributed by atoms with Crippen LogP contribution in [0.4, 0.5) is 28.4 Å². The summed E-state index contributed by atoms with van der Waals surface area (Å²) in [5.41, 5.74) is -1.19. The van der Waals surface area contributed by atoms with Gasteiger partial charge in [-0.15, -0.1) is 20.5 Å². The molecule has 0 unspecified atom stereocenters. The van der Waals surface area contributed by atoms with Gasteiger partial charge in [-0.25, -0.2) is 25.2 Å². The maximum Gasteiger partial charge on any atom is 0.397 e. The molecule has 4 aromatic rings. The van der Waals surface area contributed by atoms with Crippen LogP contribution in [0.2, 0.25) is 0 Å². The highest BCUT2D eigenvalue weighted by molar-refractivity contribution is 7.91. The fourth-order valence-corrected chi connectivity index (χ4v) is 8.51. The molecule has 4 aromatic carbocycles. The number of aromatic hydroxyl groups is 1. The van der Waals surface area contributed by atoms with E-state index in [9.17, 15) is 51.7 Å². The Kier molecular flexibility index (Phi) is 13.6. The fourth-order valence-electron chi connectivity index (χ4n) is 4.86. The fraction of sp³-hybridized carbons (Fsp3) is 0.241. The summed E-state index contributed by atoms with van der Waals surface area (Å²) in [5, 5.41) is 29.3. The average Bonchev–Trinajstić information content (AvgIpc) is 3.10. The molecule has 0 spiro atoms. The monoisotopic (exact) mass is 897 g/mol. The van der Waals surface area contributed by atoms with Crippen LogP contribution in [0.3, 0.4) is 0 Å². The van der Waals surface area contributed by atoms with E-state index in [1.807, 2.05) is 0 Å². The topological polar surface area (TPSA) is 350 Å². The van der Waals surface area contributed by atoms with Gasteiger partial charge in [-0.05, 0) is 54.6 Å². The van der Waals surface area contributed by atoms with Crippen LogP contribution in [0.25, 0.3) is 10.8 Å². The van der Waals surface area contributed by atoms with E-state index < -0.39 is 102 Å². The first-order valence-electron chi connectivity index (χ1n) is 15.3. The molecule has 0 aliphatic carbocycles. The Morgan fingerprint density at radius 2 is 1.14 bits per heavy atom. The maximum absolute atomic E-state index is 12.9. The molecule has 4 rings (SSSR count). The van der Waals surface area contributed by atoms with Crippen molar-refractivity contribution in [2.24, 2.45) is 20.5 Å². The van der Waals surface area contributed by atoms with Crippen LogP contribution in [0.15, 0.2) is 89.7 Å². The number of hydrogen-bond acceptors (Lipinski definition) is 20. The zero-order valence-corrected chi connectivity index (χ0v) is 33.4. The van der Waals surface area contributed by atoms with E-state index in [0.717, 1.165) is 43.5 Å². The van der Waals surface area contributed by atoms with Crippen molar-refractivity contribution in [3.63, 3.8) is 0 Å². The Hall–Kier alpha value is -4.91. The minimum absolute atomic E-state index is 0.0172. The van der Waals surface area contributed by atoms with Crippen molar-refractivity contribution in [3.8, 4) is 17.2 Å². The molecule has 0 aliphatic rings. The number of phenols is 1. The number of benzene rings is 4. The summed E-state index contributed by atoms with van der Waals surface area (Å²) in [5.74, 6) is -2.74. The lowest BCUT2D eigenvalue weighted by atomic mass is 10.0. The first kappa shape index (κ1) is 44.8. The van der Waals surface area contributed by atoms with Gasteiger partial charge in [0.25, 0.3) is 10.1 Å². The van der Waals surface area contributed by atoms with Gasteiger partial charge in [-0.3, -0.25) is 13.7 Å². The highest BCUT2D eigenvalue weighted by Crippen LogP contribution is 2.47. The molecule has 5 N–H and O–H groups in total. The molecular weight excluding hydrogens is 867 g/mol. The zero-order valence-electron chi connectivity index (χ0n) is 29.4. The quantitative estimate of drug-likeness (QED) is 0.0699. The van der Waals surface area contributed by atoms with Crippen LogP contribution in [-0.4, -0.2) is 107 Å². The first-order chi connectivity index (χ1) is 26.4. The molecule has 0 amide bonds. The number of sulfone groups is 2. The second-order valence-electron chi connectivity index (χ2n) is 11.1. The van der Waals surface area contributed by atoms with Crippen LogP contribution in [0, 0.1) is 0 Å². The number of methoxy groups -OCH3 is 2. The molecule has 310 valence electrons. The van der Waals surface area contributed by atoms with Crippen molar-refractivity contribution in [3.05, 3.63) is 54.6 Å². The van der Waals surface area contributed by atoms with Crippen LogP contribution in [-0.2, 0) is 59.0 Å². The lowest BCUT2D eigenvalue weighted by Crippen LogP contribution is -2.15. The summed E-state index contributed by atoms with van der Waals surface area (Å²) < 4.78 is 167. The smallest absolute Gasteiger partial charge is 0.397 e. The van der Waals surface area contributed by atoms with Crippen molar-refractivity contribution in [1.82, 2.24) is 0 Å². The third-order valence-electron chi connectivity index (χ3n) is 7.44. The first-order valence-corrected chi connectivity index (χ1v) is 22.7. The van der Waals surface area contributed by atoms with E-state index in [0.29, 0.717) is 0 Å². The van der Waals surface area contributed by atoms with Gasteiger partial charge >= 0.3 is 20.8 Å². The van der Waals surface area contributed by atoms with E-state index in [-0.39, 0.29) is 44.2 Å². The summed E-state index contributed by atoms with van der Waals surface area (Å²) >= 11 is 0. The molecule has 0 aliphatic heterocycles. The Labute approximate surface area is 325 Å². The Morgan fingerprint density at radius 1 is 0.614 bits per heavy atom. The van der Waals surface area contributed by atoms with E-state index >= 15 is 0 Å². The van der Waals surface area contributed by atoms with Crippen molar-refractivity contribution in [1.29, 1.82) is 0 Å². The number of fused-ring (bicyclic) bond motifs is 1. The van der Waals surface area contributed by atoms with Crippen LogP contribution >= 0.6 is 0 Å². The van der Waals surface area contributed by atoms with Crippen LogP contribution in [0.5, 0.6) is 17.2 Å². The van der Waals surface area contributed by atoms with Gasteiger partial charge in [0.15, 0.2) is 25.4 Å². The van der Waals surface area contributed by atoms with E-state index in [2.05, 4.69) is 34.1 Å². The standard InChI is InChI=1S/C29H31N5O18S5/c1-30-21-7-6-19-20(27(21)33-32-23-15-18(5-9-25(23)49-2)54(38,39)13-11-52-57(46,47)48)16-26(55(40,41)42)28(29(19)50-3)34-31-22-14-17(4-8-24(22)35)53(36,37)12-10-51-56(43,44)45/h4-9,14-16,30,35H,10-13H2,1-3H3,(H,40,41,42)(H,43,44,45)(H,46,47,48)/b33-32+,34-31+. The predicted molar refractivity (Wildman–Crippen MR) is 198 cm³/mol. The van der Waals surface area contributed by atoms with Gasteiger partial charge in [-0.2, -0.15) is 25.3 Å². The van der Waals surface area contributed by atoms with Gasteiger partial charge < -0.3 is 19.9 Å². The summed E-state index contributed by atoms with van der Waals surface area (Å²) in [6.45, 7) is -1.86. The maximum atomic E-state index is 12.9. The molecule has 0 aromatic heterocycles. The third kappa shape index (κ3) is 11.4. The molecule has 0 fully saturated rings. The number of phenolic OH excluding ortho intramolecular Hbond substituents is 1. The highest BCUT2D eigenvalue weighted by Gasteiger charge is 2.26. The molecular formula is C29H31N5O18S5. The largest absolute Gasteiger partial charge is 0.506 e. The van der Waals surface area contributed by atoms with Gasteiger partial charge in [0.1, 0.15) is 39.1 Å². The number of hydrogen-bond donors (Lipinski definition) is 5. The minimum Gasteiger partial charge on any atom is -0.506 e. The van der Waals surface area contributed by atoms with Gasteiger partial charge in [-0.1, -0.05) is 0 Å². The minimum atomic E-state index is -5.20. The Morgan fingerprint density at radius 3 is 1.65 bits per heavy atom. The lowest BCUT2D eigenvalue weighted by molar-refractivity contribution is 0.282.